The van der Waals surface area contributed by atoms with Crippen LogP contribution in [0.4, 0.5) is 4.39 Å². The molecule has 0 atom stereocenters. The fraction of sp³-hybridized carbons (Fsp3) is 0.261. The number of hydrogen-bond donors (Lipinski definition) is 2. The first-order valence-corrected chi connectivity index (χ1v) is 10.7. The number of aromatic nitrogens is 1. The summed E-state index contributed by atoms with van der Waals surface area (Å²) in [5, 5.41) is 11.7. The highest BCUT2D eigenvalue weighted by atomic mass is 32.2. The molecule has 0 saturated carbocycles. The predicted molar refractivity (Wildman–Crippen MR) is 116 cm³/mol. The minimum absolute atomic E-state index is 0.0520. The SMILES string of the molecule is CSc1ccc(-c2cc(CC(=O)NCCCO)c(C)n2-c2ccc(F)cc2)cc1. The van der Waals surface area contributed by atoms with Crippen molar-refractivity contribution in [3.63, 3.8) is 0 Å². The molecule has 0 radical (unpaired) electrons. The van der Waals surface area contributed by atoms with Gasteiger partial charge in [-0.15, -0.1) is 11.8 Å². The number of halogens is 1. The van der Waals surface area contributed by atoms with Gasteiger partial charge in [-0.3, -0.25) is 4.79 Å². The molecule has 4 nitrogen and oxygen atoms in total. The number of nitrogens with one attached hydrogen (secondary N) is 1. The van der Waals surface area contributed by atoms with Crippen molar-refractivity contribution >= 4 is 17.7 Å². The highest BCUT2D eigenvalue weighted by Gasteiger charge is 2.17. The van der Waals surface area contributed by atoms with Gasteiger partial charge >= 0.3 is 0 Å². The summed E-state index contributed by atoms with van der Waals surface area (Å²) in [5.74, 6) is -0.366. The van der Waals surface area contributed by atoms with Gasteiger partial charge in [0.2, 0.25) is 5.91 Å². The molecule has 2 aromatic carbocycles. The maximum absolute atomic E-state index is 13.5. The highest BCUT2D eigenvalue weighted by Crippen LogP contribution is 2.31. The van der Waals surface area contributed by atoms with Crippen LogP contribution in [0.25, 0.3) is 16.9 Å². The predicted octanol–water partition coefficient (Wildman–Crippen LogP) is 4.35. The van der Waals surface area contributed by atoms with E-state index in [0.29, 0.717) is 13.0 Å². The van der Waals surface area contributed by atoms with Gasteiger partial charge < -0.3 is 15.0 Å². The molecule has 1 heterocycles. The fourth-order valence-corrected chi connectivity index (χ4v) is 3.68. The smallest absolute Gasteiger partial charge is 0.224 e. The van der Waals surface area contributed by atoms with Gasteiger partial charge in [0.15, 0.2) is 0 Å². The van der Waals surface area contributed by atoms with Crippen LogP contribution in [-0.4, -0.2) is 35.0 Å². The van der Waals surface area contributed by atoms with Gasteiger partial charge in [0, 0.05) is 29.4 Å². The lowest BCUT2D eigenvalue weighted by molar-refractivity contribution is -0.120. The number of carbonyl (C=O) groups is 1. The van der Waals surface area contributed by atoms with E-state index in [2.05, 4.69) is 34.1 Å². The van der Waals surface area contributed by atoms with Crippen molar-refractivity contribution in [1.29, 1.82) is 0 Å². The third-order valence-corrected chi connectivity index (χ3v) is 5.57. The zero-order chi connectivity index (χ0) is 20.8. The zero-order valence-corrected chi connectivity index (χ0v) is 17.4. The normalized spacial score (nSPS) is 10.9. The van der Waals surface area contributed by atoms with Crippen LogP contribution in [0, 0.1) is 12.7 Å². The summed E-state index contributed by atoms with van der Waals surface area (Å²) >= 11 is 1.68. The Balaban J connectivity index is 2.00. The Labute approximate surface area is 174 Å². The molecule has 29 heavy (non-hydrogen) atoms. The van der Waals surface area contributed by atoms with Gasteiger partial charge in [-0.2, -0.15) is 0 Å². The van der Waals surface area contributed by atoms with Crippen LogP contribution >= 0.6 is 11.8 Å². The molecule has 0 unspecified atom stereocenters. The average Bonchev–Trinajstić information content (AvgIpc) is 3.05. The van der Waals surface area contributed by atoms with Crippen LogP contribution < -0.4 is 5.32 Å². The molecule has 6 heteroatoms. The summed E-state index contributed by atoms with van der Waals surface area (Å²) in [7, 11) is 0. The van der Waals surface area contributed by atoms with Crippen LogP contribution in [0.3, 0.4) is 0 Å². The van der Waals surface area contributed by atoms with E-state index in [9.17, 15) is 9.18 Å². The van der Waals surface area contributed by atoms with Crippen LogP contribution in [0.15, 0.2) is 59.5 Å². The van der Waals surface area contributed by atoms with Crippen molar-refractivity contribution in [2.45, 2.75) is 24.7 Å². The zero-order valence-electron chi connectivity index (χ0n) is 16.6. The summed E-state index contributed by atoms with van der Waals surface area (Å²) < 4.78 is 15.5. The lowest BCUT2D eigenvalue weighted by Crippen LogP contribution is -2.26. The monoisotopic (exact) mass is 412 g/mol. The Morgan fingerprint density at radius 1 is 1.14 bits per heavy atom. The van der Waals surface area contributed by atoms with Crippen LogP contribution in [-0.2, 0) is 11.2 Å². The number of hydrogen-bond acceptors (Lipinski definition) is 3. The first-order chi connectivity index (χ1) is 14.0. The number of aliphatic hydroxyl groups is 1. The molecule has 0 bridgehead atoms. The van der Waals surface area contributed by atoms with Crippen molar-refractivity contribution in [2.75, 3.05) is 19.4 Å². The van der Waals surface area contributed by atoms with E-state index in [1.807, 2.05) is 19.2 Å². The largest absolute Gasteiger partial charge is 0.396 e. The van der Waals surface area contributed by atoms with Crippen molar-refractivity contribution in [3.8, 4) is 16.9 Å². The molecule has 1 aromatic heterocycles. The second-order valence-corrected chi connectivity index (χ2v) is 7.66. The summed E-state index contributed by atoms with van der Waals surface area (Å²) in [6, 6.07) is 16.7. The number of nitrogens with zero attached hydrogens (tertiary/aromatic N) is 1. The summed E-state index contributed by atoms with van der Waals surface area (Å²) in [6.45, 7) is 2.48. The number of aliphatic hydroxyl groups excluding tert-OH is 1. The molecule has 3 aromatic rings. The molecule has 0 spiro atoms. The van der Waals surface area contributed by atoms with Crippen molar-refractivity contribution in [2.24, 2.45) is 0 Å². The van der Waals surface area contributed by atoms with Crippen molar-refractivity contribution in [1.82, 2.24) is 9.88 Å². The topological polar surface area (TPSA) is 54.3 Å². The van der Waals surface area contributed by atoms with Gasteiger partial charge in [0.05, 0.1) is 12.1 Å². The molecule has 3 rings (SSSR count). The second-order valence-electron chi connectivity index (χ2n) is 6.78. The minimum Gasteiger partial charge on any atom is -0.396 e. The molecule has 0 fully saturated rings. The summed E-state index contributed by atoms with van der Waals surface area (Å²) in [5.41, 5.74) is 4.69. The minimum atomic E-state index is -0.284. The van der Waals surface area contributed by atoms with E-state index in [4.69, 9.17) is 5.11 Å². The second kappa shape index (κ2) is 9.76. The maximum Gasteiger partial charge on any atom is 0.224 e. The Morgan fingerprint density at radius 3 is 2.45 bits per heavy atom. The fourth-order valence-electron chi connectivity index (χ4n) is 3.28. The van der Waals surface area contributed by atoms with Crippen LogP contribution in [0.1, 0.15) is 17.7 Å². The molecule has 0 aliphatic carbocycles. The third kappa shape index (κ3) is 5.08. The Kier molecular flexibility index (Phi) is 7.12. The number of carbonyl (C=O) groups excluding carboxylic acids is 1. The number of amides is 1. The lowest BCUT2D eigenvalue weighted by atomic mass is 10.1. The van der Waals surface area contributed by atoms with Gasteiger partial charge in [-0.25, -0.2) is 4.39 Å². The first kappa shape index (κ1) is 21.1. The maximum atomic E-state index is 13.5. The summed E-state index contributed by atoms with van der Waals surface area (Å²) in [6.07, 6.45) is 2.82. The molecular weight excluding hydrogens is 387 g/mol. The molecule has 0 saturated heterocycles. The van der Waals surface area contributed by atoms with E-state index in [1.54, 1.807) is 23.9 Å². The van der Waals surface area contributed by atoms with E-state index >= 15 is 0 Å². The lowest BCUT2D eigenvalue weighted by Gasteiger charge is -2.13. The summed E-state index contributed by atoms with van der Waals surface area (Å²) in [4.78, 5) is 13.5. The van der Waals surface area contributed by atoms with Gasteiger partial charge in [-0.05, 0) is 73.2 Å². The highest BCUT2D eigenvalue weighted by molar-refractivity contribution is 7.98. The molecular formula is C23H25FN2O2S. The number of thioether (sulfide) groups is 1. The van der Waals surface area contributed by atoms with Gasteiger partial charge in [-0.1, -0.05) is 12.1 Å². The van der Waals surface area contributed by atoms with Gasteiger partial charge in [0.25, 0.3) is 0 Å². The molecule has 1 amide bonds. The van der Waals surface area contributed by atoms with Crippen LogP contribution in [0.2, 0.25) is 0 Å². The quantitative estimate of drug-likeness (QED) is 0.427. The third-order valence-electron chi connectivity index (χ3n) is 4.83. The van der Waals surface area contributed by atoms with E-state index in [0.717, 1.165) is 28.2 Å². The van der Waals surface area contributed by atoms with E-state index in [1.165, 1.54) is 17.0 Å². The number of rotatable bonds is 8. The van der Waals surface area contributed by atoms with Crippen molar-refractivity contribution in [3.05, 3.63) is 71.7 Å². The Morgan fingerprint density at radius 2 is 1.83 bits per heavy atom. The molecule has 152 valence electrons. The Bertz CT molecular complexity index is 966. The molecule has 2 N–H and O–H groups in total. The van der Waals surface area contributed by atoms with Gasteiger partial charge in [0.1, 0.15) is 5.82 Å². The standard InChI is InChI=1S/C23H25FN2O2S/c1-16-18(15-23(28)25-12-3-13-27)14-22(17-4-10-21(29-2)11-5-17)26(16)20-8-6-19(24)7-9-20/h4-11,14,27H,3,12-13,15H2,1-2H3,(H,25,28). The van der Waals surface area contributed by atoms with E-state index < -0.39 is 0 Å². The average molecular weight is 413 g/mol. The molecule has 0 aliphatic heterocycles. The Hall–Kier alpha value is -2.57. The van der Waals surface area contributed by atoms with Crippen LogP contribution in [0.5, 0.6) is 0 Å². The molecule has 0 aliphatic rings. The first-order valence-electron chi connectivity index (χ1n) is 9.52. The van der Waals surface area contributed by atoms with E-state index in [-0.39, 0.29) is 24.8 Å². The van der Waals surface area contributed by atoms with Crippen molar-refractivity contribution < 1.29 is 14.3 Å². The number of benzene rings is 2.